The molecular weight excluding hydrogens is 349 g/mol. The zero-order valence-electron chi connectivity index (χ0n) is 10.1. The number of nitrogens with one attached hydrogen (secondary N) is 1. The Hall–Kier alpha value is -1.82. The molecular formula is C15H12IN3. The van der Waals surface area contributed by atoms with Crippen molar-refractivity contribution >= 4 is 28.4 Å². The van der Waals surface area contributed by atoms with E-state index in [0.717, 1.165) is 22.4 Å². The van der Waals surface area contributed by atoms with Crippen LogP contribution in [0.15, 0.2) is 54.6 Å². The summed E-state index contributed by atoms with van der Waals surface area (Å²) >= 11 is 2.32. The lowest BCUT2D eigenvalue weighted by atomic mass is 10.0. The third-order valence-electron chi connectivity index (χ3n) is 3.00. The van der Waals surface area contributed by atoms with Crippen LogP contribution >= 0.6 is 22.6 Å². The molecule has 94 valence electrons. The van der Waals surface area contributed by atoms with E-state index in [0.29, 0.717) is 5.82 Å². The molecule has 0 aliphatic heterocycles. The van der Waals surface area contributed by atoms with E-state index in [9.17, 15) is 0 Å². The summed E-state index contributed by atoms with van der Waals surface area (Å²) in [6.07, 6.45) is 0. The van der Waals surface area contributed by atoms with Crippen LogP contribution in [0.5, 0.6) is 0 Å². The predicted molar refractivity (Wildman–Crippen MR) is 86.6 cm³/mol. The van der Waals surface area contributed by atoms with Crippen molar-refractivity contribution in [3.63, 3.8) is 0 Å². The number of nitrogens with zero attached hydrogens (tertiary/aromatic N) is 1. The van der Waals surface area contributed by atoms with Crippen molar-refractivity contribution in [2.24, 2.45) is 0 Å². The molecule has 19 heavy (non-hydrogen) atoms. The second kappa shape index (κ2) is 5.05. The fraction of sp³-hybridized carbons (Fsp3) is 0. The van der Waals surface area contributed by atoms with E-state index < -0.39 is 0 Å². The largest absolute Gasteiger partial charge is 0.382 e. The number of aromatic nitrogens is 2. The van der Waals surface area contributed by atoms with Gasteiger partial charge in [-0.2, -0.15) is 5.10 Å². The third kappa shape index (κ3) is 2.23. The minimum atomic E-state index is 0.529. The molecule has 3 nitrogen and oxygen atoms in total. The number of nitrogen functional groups attached to an aromatic ring is 1. The number of anilines is 1. The topological polar surface area (TPSA) is 54.7 Å². The minimum absolute atomic E-state index is 0.529. The molecule has 0 bridgehead atoms. The van der Waals surface area contributed by atoms with Gasteiger partial charge in [-0.3, -0.25) is 5.10 Å². The molecule has 0 unspecified atom stereocenters. The van der Waals surface area contributed by atoms with Gasteiger partial charge in [-0.25, -0.2) is 0 Å². The third-order valence-corrected chi connectivity index (χ3v) is 3.94. The summed E-state index contributed by atoms with van der Waals surface area (Å²) in [4.78, 5) is 0. The highest BCUT2D eigenvalue weighted by Gasteiger charge is 2.15. The van der Waals surface area contributed by atoms with Crippen molar-refractivity contribution in [2.45, 2.75) is 0 Å². The zero-order valence-corrected chi connectivity index (χ0v) is 12.3. The Labute approximate surface area is 125 Å². The molecule has 1 heterocycles. The quantitative estimate of drug-likeness (QED) is 0.680. The van der Waals surface area contributed by atoms with Gasteiger partial charge in [0, 0.05) is 9.13 Å². The molecule has 0 fully saturated rings. The van der Waals surface area contributed by atoms with Crippen LogP contribution in [-0.4, -0.2) is 10.2 Å². The van der Waals surface area contributed by atoms with Crippen LogP contribution < -0.4 is 5.73 Å². The first kappa shape index (κ1) is 12.2. The van der Waals surface area contributed by atoms with Gasteiger partial charge in [0.05, 0.1) is 11.3 Å². The smallest absolute Gasteiger partial charge is 0.153 e. The fourth-order valence-corrected chi connectivity index (χ4v) is 2.77. The van der Waals surface area contributed by atoms with E-state index in [-0.39, 0.29) is 0 Å². The number of nitrogens with two attached hydrogens (primary N) is 1. The summed E-state index contributed by atoms with van der Waals surface area (Å²) in [5.74, 6) is 0.529. The molecule has 2 aromatic carbocycles. The minimum Gasteiger partial charge on any atom is -0.382 e. The Bertz CT molecular complexity index is 704. The van der Waals surface area contributed by atoms with E-state index in [1.54, 1.807) is 0 Å². The average molecular weight is 361 g/mol. The normalized spacial score (nSPS) is 10.6. The molecule has 4 heteroatoms. The molecule has 3 rings (SSSR count). The summed E-state index contributed by atoms with van der Waals surface area (Å²) in [6.45, 7) is 0. The summed E-state index contributed by atoms with van der Waals surface area (Å²) in [6, 6.07) is 18.3. The van der Waals surface area contributed by atoms with Crippen molar-refractivity contribution in [3.8, 4) is 22.4 Å². The lowest BCUT2D eigenvalue weighted by Crippen LogP contribution is -1.89. The number of benzene rings is 2. The Morgan fingerprint density at radius 1 is 0.947 bits per heavy atom. The van der Waals surface area contributed by atoms with Gasteiger partial charge < -0.3 is 5.73 Å². The van der Waals surface area contributed by atoms with Crippen LogP contribution in [-0.2, 0) is 0 Å². The highest BCUT2D eigenvalue weighted by atomic mass is 127. The summed E-state index contributed by atoms with van der Waals surface area (Å²) in [5, 5.41) is 7.21. The van der Waals surface area contributed by atoms with E-state index in [1.165, 1.54) is 3.57 Å². The van der Waals surface area contributed by atoms with Crippen LogP contribution in [0.25, 0.3) is 22.4 Å². The fourth-order valence-electron chi connectivity index (χ4n) is 2.11. The van der Waals surface area contributed by atoms with Gasteiger partial charge in [0.2, 0.25) is 0 Å². The summed E-state index contributed by atoms with van der Waals surface area (Å²) in [5.41, 5.74) is 10.1. The van der Waals surface area contributed by atoms with Crippen LogP contribution in [0.4, 0.5) is 5.82 Å². The van der Waals surface area contributed by atoms with E-state index in [2.05, 4.69) is 44.9 Å². The first-order chi connectivity index (χ1) is 9.27. The van der Waals surface area contributed by atoms with Crippen LogP contribution in [0.3, 0.4) is 0 Å². The zero-order chi connectivity index (χ0) is 13.2. The highest BCUT2D eigenvalue weighted by Crippen LogP contribution is 2.36. The summed E-state index contributed by atoms with van der Waals surface area (Å²) < 4.78 is 1.17. The SMILES string of the molecule is Nc1n[nH]c(-c2ccccc2I)c1-c1ccccc1. The van der Waals surface area contributed by atoms with Gasteiger partial charge in [-0.1, -0.05) is 48.5 Å². The van der Waals surface area contributed by atoms with Gasteiger partial charge >= 0.3 is 0 Å². The summed E-state index contributed by atoms with van der Waals surface area (Å²) in [7, 11) is 0. The second-order valence-corrected chi connectivity index (χ2v) is 5.37. The number of hydrogen-bond acceptors (Lipinski definition) is 2. The Morgan fingerprint density at radius 3 is 2.37 bits per heavy atom. The standard InChI is InChI=1S/C15H12IN3/c16-12-9-5-4-8-11(12)14-13(15(17)19-18-14)10-6-2-1-3-7-10/h1-9H,(H3,17,18,19). The van der Waals surface area contributed by atoms with E-state index in [4.69, 9.17) is 5.73 Å². The molecule has 0 saturated carbocycles. The Morgan fingerprint density at radius 2 is 1.63 bits per heavy atom. The Balaban J connectivity index is 2.23. The molecule has 0 aliphatic carbocycles. The van der Waals surface area contributed by atoms with Crippen molar-refractivity contribution in [1.82, 2.24) is 10.2 Å². The molecule has 0 spiro atoms. The average Bonchev–Trinajstić information content (AvgIpc) is 2.82. The maximum atomic E-state index is 6.02. The van der Waals surface area contributed by atoms with Crippen molar-refractivity contribution in [1.29, 1.82) is 0 Å². The van der Waals surface area contributed by atoms with Gasteiger partial charge in [-0.15, -0.1) is 0 Å². The van der Waals surface area contributed by atoms with Crippen LogP contribution in [0.2, 0.25) is 0 Å². The maximum Gasteiger partial charge on any atom is 0.153 e. The van der Waals surface area contributed by atoms with Crippen molar-refractivity contribution in [2.75, 3.05) is 5.73 Å². The molecule has 3 N–H and O–H groups in total. The number of H-pyrrole nitrogens is 1. The van der Waals surface area contributed by atoms with E-state index in [1.807, 2.05) is 42.5 Å². The first-order valence-electron chi connectivity index (χ1n) is 5.91. The Kier molecular flexibility index (Phi) is 3.25. The number of aromatic amines is 1. The lowest BCUT2D eigenvalue weighted by molar-refractivity contribution is 1.10. The molecule has 0 saturated heterocycles. The molecule has 1 aromatic heterocycles. The van der Waals surface area contributed by atoms with Gasteiger partial charge in [0.1, 0.15) is 0 Å². The monoisotopic (exact) mass is 361 g/mol. The molecule has 0 radical (unpaired) electrons. The van der Waals surface area contributed by atoms with Gasteiger partial charge in [-0.05, 0) is 34.2 Å². The number of halogens is 1. The van der Waals surface area contributed by atoms with Crippen molar-refractivity contribution in [3.05, 3.63) is 58.2 Å². The molecule has 0 amide bonds. The lowest BCUT2D eigenvalue weighted by Gasteiger charge is -2.06. The van der Waals surface area contributed by atoms with Gasteiger partial charge in [0.15, 0.2) is 5.82 Å². The van der Waals surface area contributed by atoms with Crippen molar-refractivity contribution < 1.29 is 0 Å². The predicted octanol–water partition coefficient (Wildman–Crippen LogP) is 3.93. The molecule has 0 atom stereocenters. The second-order valence-electron chi connectivity index (χ2n) is 4.20. The number of rotatable bonds is 2. The molecule has 0 aliphatic rings. The highest BCUT2D eigenvalue weighted by molar-refractivity contribution is 14.1. The van der Waals surface area contributed by atoms with Crippen LogP contribution in [0, 0.1) is 3.57 Å². The first-order valence-corrected chi connectivity index (χ1v) is 6.99. The maximum absolute atomic E-state index is 6.02. The number of hydrogen-bond donors (Lipinski definition) is 2. The van der Waals surface area contributed by atoms with Crippen LogP contribution in [0.1, 0.15) is 0 Å². The van der Waals surface area contributed by atoms with E-state index >= 15 is 0 Å². The van der Waals surface area contributed by atoms with Gasteiger partial charge in [0.25, 0.3) is 0 Å². The molecule has 3 aromatic rings.